The van der Waals surface area contributed by atoms with Crippen molar-refractivity contribution in [3.05, 3.63) is 53.3 Å². The van der Waals surface area contributed by atoms with Crippen LogP contribution in [0.25, 0.3) is 0 Å². The van der Waals surface area contributed by atoms with Gasteiger partial charge in [-0.05, 0) is 37.1 Å². The molecule has 0 spiro atoms. The van der Waals surface area contributed by atoms with E-state index >= 15 is 0 Å². The third-order valence-corrected chi connectivity index (χ3v) is 3.07. The minimum Gasteiger partial charge on any atom is -0.405 e. The van der Waals surface area contributed by atoms with E-state index in [4.69, 9.17) is 0 Å². The molecule has 0 fully saturated rings. The average molecular weight is 324 g/mol. The van der Waals surface area contributed by atoms with E-state index in [1.54, 1.807) is 12.1 Å². The van der Waals surface area contributed by atoms with Crippen LogP contribution >= 0.6 is 0 Å². The zero-order valence-corrected chi connectivity index (χ0v) is 12.6. The molecule has 7 heteroatoms. The number of halogens is 3. The summed E-state index contributed by atoms with van der Waals surface area (Å²) in [5.41, 5.74) is 1.46. The molecule has 0 aliphatic rings. The van der Waals surface area contributed by atoms with Crippen molar-refractivity contribution in [3.63, 3.8) is 0 Å². The molecule has 1 aromatic heterocycles. The van der Waals surface area contributed by atoms with E-state index in [1.807, 2.05) is 6.92 Å². The van der Waals surface area contributed by atoms with Crippen molar-refractivity contribution in [2.24, 2.45) is 0 Å². The standard InChI is InChI=1S/C16H15F3N2O2/c1-3-11-5-4-6-13(20-11)15(22)21-12-8-7-10(2)14(9-12)23-16(17,18)19/h4-9H,3H2,1-2H3,(H,21,22). The van der Waals surface area contributed by atoms with Gasteiger partial charge in [0.05, 0.1) is 0 Å². The number of aromatic nitrogens is 1. The van der Waals surface area contributed by atoms with Crippen molar-refractivity contribution >= 4 is 11.6 Å². The molecule has 0 radical (unpaired) electrons. The van der Waals surface area contributed by atoms with Crippen molar-refractivity contribution in [3.8, 4) is 5.75 Å². The largest absolute Gasteiger partial charge is 0.573 e. The summed E-state index contributed by atoms with van der Waals surface area (Å²) in [6.07, 6.45) is -4.11. The number of pyridine rings is 1. The Morgan fingerprint density at radius 2 is 2.00 bits per heavy atom. The van der Waals surface area contributed by atoms with Crippen LogP contribution in [0, 0.1) is 6.92 Å². The predicted octanol–water partition coefficient (Wildman–Crippen LogP) is 4.10. The van der Waals surface area contributed by atoms with Crippen LogP contribution in [-0.4, -0.2) is 17.3 Å². The molecule has 0 bridgehead atoms. The minimum atomic E-state index is -4.79. The molecule has 0 unspecified atom stereocenters. The first-order valence-electron chi connectivity index (χ1n) is 6.92. The van der Waals surface area contributed by atoms with Crippen molar-refractivity contribution in [2.45, 2.75) is 26.6 Å². The lowest BCUT2D eigenvalue weighted by Gasteiger charge is -2.13. The van der Waals surface area contributed by atoms with Gasteiger partial charge in [-0.2, -0.15) is 0 Å². The molecule has 1 heterocycles. The van der Waals surface area contributed by atoms with E-state index in [2.05, 4.69) is 15.0 Å². The van der Waals surface area contributed by atoms with Gasteiger partial charge < -0.3 is 10.1 Å². The third-order valence-electron chi connectivity index (χ3n) is 3.07. The first-order chi connectivity index (χ1) is 10.8. The van der Waals surface area contributed by atoms with Gasteiger partial charge in [-0.1, -0.05) is 19.1 Å². The number of rotatable bonds is 4. The SMILES string of the molecule is CCc1cccc(C(=O)Nc2ccc(C)c(OC(F)(F)F)c2)n1. The van der Waals surface area contributed by atoms with Crippen LogP contribution in [0.4, 0.5) is 18.9 Å². The zero-order chi connectivity index (χ0) is 17.0. The van der Waals surface area contributed by atoms with Gasteiger partial charge in [-0.3, -0.25) is 4.79 Å². The maximum Gasteiger partial charge on any atom is 0.573 e. The molecule has 0 saturated carbocycles. The maximum atomic E-state index is 12.3. The molecule has 2 aromatic rings. The zero-order valence-electron chi connectivity index (χ0n) is 12.6. The highest BCUT2D eigenvalue weighted by molar-refractivity contribution is 6.03. The molecular formula is C16H15F3N2O2. The molecule has 1 N–H and O–H groups in total. The molecule has 4 nitrogen and oxygen atoms in total. The van der Waals surface area contributed by atoms with Gasteiger partial charge in [0.25, 0.3) is 5.91 Å². The summed E-state index contributed by atoms with van der Waals surface area (Å²) < 4.78 is 41.0. The lowest BCUT2D eigenvalue weighted by molar-refractivity contribution is -0.274. The number of ether oxygens (including phenoxy) is 1. The molecule has 0 saturated heterocycles. The number of benzene rings is 1. The van der Waals surface area contributed by atoms with Crippen LogP contribution in [-0.2, 0) is 6.42 Å². The smallest absolute Gasteiger partial charge is 0.405 e. The summed E-state index contributed by atoms with van der Waals surface area (Å²) in [6.45, 7) is 3.39. The van der Waals surface area contributed by atoms with Crippen molar-refractivity contribution in [2.75, 3.05) is 5.32 Å². The second kappa shape index (κ2) is 6.68. The predicted molar refractivity (Wildman–Crippen MR) is 79.4 cm³/mol. The first kappa shape index (κ1) is 16.8. The van der Waals surface area contributed by atoms with Gasteiger partial charge in [0.15, 0.2) is 0 Å². The van der Waals surface area contributed by atoms with Crippen LogP contribution < -0.4 is 10.1 Å². The van der Waals surface area contributed by atoms with E-state index in [0.29, 0.717) is 12.0 Å². The number of amides is 1. The van der Waals surface area contributed by atoms with Crippen molar-refractivity contribution < 1.29 is 22.7 Å². The fraction of sp³-hybridized carbons (Fsp3) is 0.250. The highest BCUT2D eigenvalue weighted by atomic mass is 19.4. The number of nitrogens with one attached hydrogen (secondary N) is 1. The van der Waals surface area contributed by atoms with E-state index in [-0.39, 0.29) is 17.1 Å². The van der Waals surface area contributed by atoms with Gasteiger partial charge >= 0.3 is 6.36 Å². The Bertz CT molecular complexity index is 715. The lowest BCUT2D eigenvalue weighted by atomic mass is 10.2. The van der Waals surface area contributed by atoms with Gasteiger partial charge in [-0.25, -0.2) is 4.98 Å². The second-order valence-electron chi connectivity index (χ2n) is 4.85. The van der Waals surface area contributed by atoms with E-state index in [1.165, 1.54) is 25.1 Å². The third kappa shape index (κ3) is 4.70. The Labute approximate surface area is 131 Å². The quantitative estimate of drug-likeness (QED) is 0.921. The Hall–Kier alpha value is -2.57. The number of carbonyl (C=O) groups is 1. The molecule has 23 heavy (non-hydrogen) atoms. The van der Waals surface area contributed by atoms with Crippen molar-refractivity contribution in [1.82, 2.24) is 4.98 Å². The number of alkyl halides is 3. The molecule has 2 rings (SSSR count). The number of carbonyl (C=O) groups excluding carboxylic acids is 1. The Balaban J connectivity index is 2.19. The number of aryl methyl sites for hydroxylation is 2. The Kier molecular flexibility index (Phi) is 4.88. The van der Waals surface area contributed by atoms with Crippen LogP contribution in [0.15, 0.2) is 36.4 Å². The van der Waals surface area contributed by atoms with Gasteiger partial charge in [0, 0.05) is 17.4 Å². The monoisotopic (exact) mass is 324 g/mol. The number of hydrogen-bond donors (Lipinski definition) is 1. The Morgan fingerprint density at radius 3 is 2.65 bits per heavy atom. The van der Waals surface area contributed by atoms with Crippen LogP contribution in [0.5, 0.6) is 5.75 Å². The molecule has 122 valence electrons. The molecule has 1 aromatic carbocycles. The lowest BCUT2D eigenvalue weighted by Crippen LogP contribution is -2.18. The van der Waals surface area contributed by atoms with Crippen LogP contribution in [0.1, 0.15) is 28.7 Å². The fourth-order valence-electron chi connectivity index (χ4n) is 1.91. The average Bonchev–Trinajstić information content (AvgIpc) is 2.49. The van der Waals surface area contributed by atoms with E-state index in [0.717, 1.165) is 11.8 Å². The van der Waals surface area contributed by atoms with Crippen molar-refractivity contribution in [1.29, 1.82) is 0 Å². The minimum absolute atomic E-state index is 0.197. The fourth-order valence-corrected chi connectivity index (χ4v) is 1.91. The van der Waals surface area contributed by atoms with Gasteiger partial charge in [0.1, 0.15) is 11.4 Å². The normalized spacial score (nSPS) is 11.2. The number of anilines is 1. The van der Waals surface area contributed by atoms with E-state index < -0.39 is 12.3 Å². The Morgan fingerprint density at radius 1 is 1.26 bits per heavy atom. The summed E-state index contributed by atoms with van der Waals surface area (Å²) >= 11 is 0. The summed E-state index contributed by atoms with van der Waals surface area (Å²) in [4.78, 5) is 16.3. The van der Waals surface area contributed by atoms with Crippen LogP contribution in [0.3, 0.4) is 0 Å². The molecular weight excluding hydrogens is 309 g/mol. The van der Waals surface area contributed by atoms with Gasteiger partial charge in [-0.15, -0.1) is 13.2 Å². The summed E-state index contributed by atoms with van der Waals surface area (Å²) in [5.74, 6) is -0.854. The molecule has 0 atom stereocenters. The maximum absolute atomic E-state index is 12.3. The summed E-state index contributed by atoms with van der Waals surface area (Å²) in [5, 5.41) is 2.51. The number of nitrogens with zero attached hydrogens (tertiary/aromatic N) is 1. The number of hydrogen-bond acceptors (Lipinski definition) is 3. The highest BCUT2D eigenvalue weighted by Gasteiger charge is 2.31. The summed E-state index contributed by atoms with van der Waals surface area (Å²) in [7, 11) is 0. The molecule has 0 aliphatic carbocycles. The summed E-state index contributed by atoms with van der Waals surface area (Å²) in [6, 6.07) is 9.10. The topological polar surface area (TPSA) is 51.2 Å². The van der Waals surface area contributed by atoms with Crippen LogP contribution in [0.2, 0.25) is 0 Å². The molecule has 1 amide bonds. The van der Waals surface area contributed by atoms with Gasteiger partial charge in [0.2, 0.25) is 0 Å². The van der Waals surface area contributed by atoms with E-state index in [9.17, 15) is 18.0 Å². The highest BCUT2D eigenvalue weighted by Crippen LogP contribution is 2.28. The second-order valence-corrected chi connectivity index (χ2v) is 4.85. The molecule has 0 aliphatic heterocycles. The first-order valence-corrected chi connectivity index (χ1v) is 6.92.